The second-order valence-electron chi connectivity index (χ2n) is 4.28. The molecule has 0 saturated heterocycles. The Morgan fingerprint density at radius 2 is 1.95 bits per heavy atom. The standard InChI is InChI=1S/C14H15Br2NO2/c15-13-7-12(19-14(13)16)8-17-11(9-18)6-10-4-2-1-3-5-10/h1-5,7,11,17-18H,6,8-9H2/t11-/m0/s1. The van der Waals surface area contributed by atoms with Gasteiger partial charge in [-0.05, 0) is 49.9 Å². The van der Waals surface area contributed by atoms with Crippen LogP contribution in [0.3, 0.4) is 0 Å². The van der Waals surface area contributed by atoms with Crippen LogP contribution in [0.15, 0.2) is 50.0 Å². The van der Waals surface area contributed by atoms with Crippen LogP contribution in [0.5, 0.6) is 0 Å². The van der Waals surface area contributed by atoms with E-state index in [1.165, 1.54) is 5.56 Å². The highest BCUT2D eigenvalue weighted by Crippen LogP contribution is 2.26. The molecule has 102 valence electrons. The average Bonchev–Trinajstić information content (AvgIpc) is 2.75. The molecule has 0 fully saturated rings. The molecule has 0 unspecified atom stereocenters. The maximum Gasteiger partial charge on any atom is 0.183 e. The van der Waals surface area contributed by atoms with Crippen LogP contribution in [0.2, 0.25) is 0 Å². The number of aliphatic hydroxyl groups excluding tert-OH is 1. The minimum Gasteiger partial charge on any atom is -0.452 e. The highest BCUT2D eigenvalue weighted by Gasteiger charge is 2.10. The summed E-state index contributed by atoms with van der Waals surface area (Å²) in [6.07, 6.45) is 0.792. The summed E-state index contributed by atoms with van der Waals surface area (Å²) < 4.78 is 7.07. The zero-order valence-corrected chi connectivity index (χ0v) is 13.4. The van der Waals surface area contributed by atoms with Gasteiger partial charge in [0, 0.05) is 6.04 Å². The highest BCUT2D eigenvalue weighted by atomic mass is 79.9. The Hall–Kier alpha value is -0.620. The molecule has 0 saturated carbocycles. The molecule has 0 aliphatic heterocycles. The fraction of sp³-hybridized carbons (Fsp3) is 0.286. The minimum atomic E-state index is 0.0186. The maximum atomic E-state index is 9.41. The first kappa shape index (κ1) is 14.8. The van der Waals surface area contributed by atoms with Crippen LogP contribution >= 0.6 is 31.9 Å². The summed E-state index contributed by atoms with van der Waals surface area (Å²) in [6, 6.07) is 12.0. The van der Waals surface area contributed by atoms with Crippen LogP contribution in [-0.2, 0) is 13.0 Å². The molecule has 2 N–H and O–H groups in total. The summed E-state index contributed by atoms with van der Waals surface area (Å²) in [5.74, 6) is 0.824. The van der Waals surface area contributed by atoms with Gasteiger partial charge >= 0.3 is 0 Å². The van der Waals surface area contributed by atoms with E-state index in [1.807, 2.05) is 24.3 Å². The fourth-order valence-corrected chi connectivity index (χ4v) is 2.48. The highest BCUT2D eigenvalue weighted by molar-refractivity contribution is 9.13. The van der Waals surface area contributed by atoms with Crippen LogP contribution in [0.1, 0.15) is 11.3 Å². The molecule has 19 heavy (non-hydrogen) atoms. The lowest BCUT2D eigenvalue weighted by molar-refractivity contribution is 0.238. The van der Waals surface area contributed by atoms with E-state index in [9.17, 15) is 5.11 Å². The number of rotatable bonds is 6. The third kappa shape index (κ3) is 4.45. The number of nitrogens with one attached hydrogen (secondary N) is 1. The van der Waals surface area contributed by atoms with E-state index in [1.54, 1.807) is 0 Å². The van der Waals surface area contributed by atoms with Gasteiger partial charge in [-0.25, -0.2) is 0 Å². The molecule has 2 rings (SSSR count). The molecule has 0 bridgehead atoms. The molecule has 0 radical (unpaired) electrons. The van der Waals surface area contributed by atoms with Crippen molar-refractivity contribution in [3.05, 3.63) is 56.9 Å². The summed E-state index contributed by atoms with van der Waals surface area (Å²) >= 11 is 6.68. The average molecular weight is 389 g/mol. The van der Waals surface area contributed by atoms with Gasteiger partial charge in [-0.1, -0.05) is 30.3 Å². The Morgan fingerprint density at radius 3 is 2.53 bits per heavy atom. The number of halogens is 2. The topological polar surface area (TPSA) is 45.4 Å². The Morgan fingerprint density at radius 1 is 1.21 bits per heavy atom. The van der Waals surface area contributed by atoms with Gasteiger partial charge in [-0.15, -0.1) is 0 Å². The van der Waals surface area contributed by atoms with Crippen molar-refractivity contribution >= 4 is 31.9 Å². The van der Waals surface area contributed by atoms with Crippen molar-refractivity contribution < 1.29 is 9.52 Å². The molecule has 5 heteroatoms. The fourth-order valence-electron chi connectivity index (χ4n) is 1.82. The summed E-state index contributed by atoms with van der Waals surface area (Å²) in [7, 11) is 0. The Kier molecular flexibility index (Phi) is 5.63. The third-order valence-electron chi connectivity index (χ3n) is 2.81. The molecule has 0 spiro atoms. The van der Waals surface area contributed by atoms with Crippen molar-refractivity contribution in [1.82, 2.24) is 5.32 Å². The van der Waals surface area contributed by atoms with Gasteiger partial charge < -0.3 is 14.8 Å². The van der Waals surface area contributed by atoms with Crippen molar-refractivity contribution in [1.29, 1.82) is 0 Å². The number of aliphatic hydroxyl groups is 1. The third-order valence-corrected chi connectivity index (χ3v) is 4.52. The summed E-state index contributed by atoms with van der Waals surface area (Å²) in [4.78, 5) is 0. The van der Waals surface area contributed by atoms with Crippen LogP contribution in [0, 0.1) is 0 Å². The van der Waals surface area contributed by atoms with Gasteiger partial charge in [0.25, 0.3) is 0 Å². The van der Waals surface area contributed by atoms with Gasteiger partial charge in [-0.2, -0.15) is 0 Å². The van der Waals surface area contributed by atoms with Crippen LogP contribution in [-0.4, -0.2) is 17.8 Å². The zero-order valence-electron chi connectivity index (χ0n) is 10.3. The SMILES string of the molecule is OC[C@H](Cc1ccccc1)NCc1cc(Br)c(Br)o1. The smallest absolute Gasteiger partial charge is 0.183 e. The lowest BCUT2D eigenvalue weighted by Gasteiger charge is -2.15. The molecule has 0 aliphatic rings. The van der Waals surface area contributed by atoms with Gasteiger partial charge in [0.2, 0.25) is 0 Å². The van der Waals surface area contributed by atoms with Crippen LogP contribution in [0.4, 0.5) is 0 Å². The van der Waals surface area contributed by atoms with E-state index >= 15 is 0 Å². The maximum absolute atomic E-state index is 9.41. The van der Waals surface area contributed by atoms with Crippen molar-refractivity contribution in [2.75, 3.05) is 6.61 Å². The largest absolute Gasteiger partial charge is 0.452 e. The molecule has 1 atom stereocenters. The molecular formula is C14H15Br2NO2. The second kappa shape index (κ2) is 7.24. The van der Waals surface area contributed by atoms with Crippen molar-refractivity contribution in [2.45, 2.75) is 19.0 Å². The van der Waals surface area contributed by atoms with E-state index in [2.05, 4.69) is 49.3 Å². The molecule has 3 nitrogen and oxygen atoms in total. The molecule has 0 aliphatic carbocycles. The van der Waals surface area contributed by atoms with E-state index in [-0.39, 0.29) is 12.6 Å². The molecule has 2 aromatic rings. The zero-order chi connectivity index (χ0) is 13.7. The van der Waals surface area contributed by atoms with Gasteiger partial charge in [-0.3, -0.25) is 0 Å². The van der Waals surface area contributed by atoms with Crippen molar-refractivity contribution in [3.8, 4) is 0 Å². The Balaban J connectivity index is 1.89. The number of hydrogen-bond acceptors (Lipinski definition) is 3. The predicted octanol–water partition coefficient (Wildman–Crippen LogP) is 3.50. The van der Waals surface area contributed by atoms with Gasteiger partial charge in [0.05, 0.1) is 17.6 Å². The quantitative estimate of drug-likeness (QED) is 0.795. The first-order chi connectivity index (χ1) is 9.19. The summed E-state index contributed by atoms with van der Waals surface area (Å²) in [5.41, 5.74) is 1.20. The van der Waals surface area contributed by atoms with E-state index in [0.29, 0.717) is 11.2 Å². The number of hydrogen-bond donors (Lipinski definition) is 2. The predicted molar refractivity (Wildman–Crippen MR) is 82.0 cm³/mol. The first-order valence-electron chi connectivity index (χ1n) is 6.01. The second-order valence-corrected chi connectivity index (χ2v) is 5.86. The summed E-state index contributed by atoms with van der Waals surface area (Å²) in [6.45, 7) is 0.681. The van der Waals surface area contributed by atoms with E-state index in [0.717, 1.165) is 16.7 Å². The molecule has 1 aromatic carbocycles. The molecule has 1 heterocycles. The van der Waals surface area contributed by atoms with E-state index < -0.39 is 0 Å². The summed E-state index contributed by atoms with van der Waals surface area (Å²) in [5, 5.41) is 12.7. The minimum absolute atomic E-state index is 0.0186. The van der Waals surface area contributed by atoms with Gasteiger partial charge in [0.15, 0.2) is 4.67 Å². The number of furan rings is 1. The van der Waals surface area contributed by atoms with Crippen LogP contribution < -0.4 is 5.32 Å². The van der Waals surface area contributed by atoms with Crippen molar-refractivity contribution in [3.63, 3.8) is 0 Å². The van der Waals surface area contributed by atoms with Crippen LogP contribution in [0.25, 0.3) is 0 Å². The van der Waals surface area contributed by atoms with E-state index in [4.69, 9.17) is 4.42 Å². The number of benzene rings is 1. The molecular weight excluding hydrogens is 374 g/mol. The molecule has 0 amide bonds. The lowest BCUT2D eigenvalue weighted by Crippen LogP contribution is -2.33. The van der Waals surface area contributed by atoms with Gasteiger partial charge in [0.1, 0.15) is 5.76 Å². The van der Waals surface area contributed by atoms with Crippen molar-refractivity contribution in [2.24, 2.45) is 0 Å². The Bertz CT molecular complexity index is 494. The normalized spacial score (nSPS) is 12.6. The first-order valence-corrected chi connectivity index (χ1v) is 7.59. The molecule has 1 aromatic heterocycles. The Labute approximate surface area is 129 Å². The monoisotopic (exact) mass is 387 g/mol. The lowest BCUT2D eigenvalue weighted by atomic mass is 10.1.